The van der Waals surface area contributed by atoms with Gasteiger partial charge in [0.2, 0.25) is 0 Å². The highest BCUT2D eigenvalue weighted by Crippen LogP contribution is 2.15. The van der Waals surface area contributed by atoms with E-state index >= 15 is 0 Å². The van der Waals surface area contributed by atoms with Gasteiger partial charge in [0.15, 0.2) is 0 Å². The molecule has 0 heterocycles. The van der Waals surface area contributed by atoms with Crippen molar-refractivity contribution in [3.63, 3.8) is 0 Å². The number of hydrogen-bond acceptors (Lipinski definition) is 6. The summed E-state index contributed by atoms with van der Waals surface area (Å²) in [6.45, 7) is 11.9. The summed E-state index contributed by atoms with van der Waals surface area (Å²) in [5.74, 6) is -0.888. The molecule has 0 spiro atoms. The Hall–Kier alpha value is -2.55. The Morgan fingerprint density at radius 2 is 1.69 bits per heavy atom. The summed E-state index contributed by atoms with van der Waals surface area (Å²) in [5, 5.41) is 11.7. The van der Waals surface area contributed by atoms with Gasteiger partial charge in [0.25, 0.3) is 0 Å². The molecular weight excluding hydrogens is 394 g/mol. The van der Waals surface area contributed by atoms with Crippen molar-refractivity contribution in [3.05, 3.63) is 29.8 Å². The minimum atomic E-state index is -1.29. The summed E-state index contributed by atoms with van der Waals surface area (Å²) in [5.41, 5.74) is -0.0802. The number of carboxylic acids is 1. The van der Waals surface area contributed by atoms with Crippen LogP contribution in [0, 0.1) is 0 Å². The van der Waals surface area contributed by atoms with Gasteiger partial charge in [0.1, 0.15) is 17.4 Å². The zero-order chi connectivity index (χ0) is 22.2. The largest absolute Gasteiger partial charge is 0.513 e. The number of hydrogen-bond donors (Lipinski definition) is 2. The highest BCUT2D eigenvalue weighted by atomic mass is 28.3. The maximum atomic E-state index is 11.8. The quantitative estimate of drug-likeness (QED) is 0.367. The summed E-state index contributed by atoms with van der Waals surface area (Å²) in [7, 11) is -1.29. The van der Waals surface area contributed by atoms with Gasteiger partial charge in [-0.2, -0.15) is 0 Å². The molecule has 1 rings (SSSR count). The average molecular weight is 426 g/mol. The van der Waals surface area contributed by atoms with Crippen LogP contribution in [0.2, 0.25) is 25.7 Å². The lowest BCUT2D eigenvalue weighted by Gasteiger charge is -2.22. The number of alkyl carbamates (subject to hydrolysis) is 1. The lowest BCUT2D eigenvalue weighted by molar-refractivity contribution is -0.139. The Kier molecular flexibility index (Phi) is 8.69. The van der Waals surface area contributed by atoms with E-state index in [0.717, 1.165) is 6.04 Å². The molecule has 0 aliphatic heterocycles. The molecule has 0 fully saturated rings. The van der Waals surface area contributed by atoms with E-state index < -0.39 is 37.9 Å². The first kappa shape index (κ1) is 24.5. The molecule has 9 heteroatoms. The van der Waals surface area contributed by atoms with E-state index in [2.05, 4.69) is 25.0 Å². The summed E-state index contributed by atoms with van der Waals surface area (Å²) in [6, 6.07) is 6.03. The second-order valence-electron chi connectivity index (χ2n) is 8.90. The Morgan fingerprint density at radius 3 is 2.17 bits per heavy atom. The van der Waals surface area contributed by atoms with Gasteiger partial charge in [0, 0.05) is 14.5 Å². The van der Waals surface area contributed by atoms with Crippen molar-refractivity contribution in [1.82, 2.24) is 5.32 Å². The molecule has 0 unspecified atom stereocenters. The maximum absolute atomic E-state index is 11.8. The minimum Gasteiger partial charge on any atom is -0.480 e. The average Bonchev–Trinajstić information content (AvgIpc) is 2.52. The maximum Gasteiger partial charge on any atom is 0.513 e. The van der Waals surface area contributed by atoms with Gasteiger partial charge in [-0.15, -0.1) is 0 Å². The van der Waals surface area contributed by atoms with Gasteiger partial charge < -0.3 is 24.6 Å². The second-order valence-corrected chi connectivity index (χ2v) is 14.5. The Balaban J connectivity index is 2.59. The highest BCUT2D eigenvalue weighted by molar-refractivity contribution is 6.76. The predicted molar refractivity (Wildman–Crippen MR) is 111 cm³/mol. The highest BCUT2D eigenvalue weighted by Gasteiger charge is 2.24. The van der Waals surface area contributed by atoms with Gasteiger partial charge >= 0.3 is 18.2 Å². The summed E-state index contributed by atoms with van der Waals surface area (Å²) in [6.07, 6.45) is -1.52. The van der Waals surface area contributed by atoms with Crippen LogP contribution < -0.4 is 10.1 Å². The molecule has 1 atom stereocenters. The van der Waals surface area contributed by atoms with E-state index in [4.69, 9.17) is 14.2 Å². The standard InChI is InChI=1S/C20H31NO7Si/c1-20(2,3)28-18(24)21-16(17(22)23)13-14-7-9-15(10-8-14)27-19(25)26-11-12-29(4,5)6/h7-10,16H,11-13H2,1-6H3,(H,21,24)(H,22,23)/t16-/m1/s1. The monoisotopic (exact) mass is 425 g/mol. The summed E-state index contributed by atoms with van der Waals surface area (Å²) >= 11 is 0. The topological polar surface area (TPSA) is 111 Å². The molecular formula is C20H31NO7Si. The number of benzene rings is 1. The number of amides is 1. The summed E-state index contributed by atoms with van der Waals surface area (Å²) in [4.78, 5) is 35.0. The fourth-order valence-electron chi connectivity index (χ4n) is 2.15. The van der Waals surface area contributed by atoms with Crippen LogP contribution in [0.15, 0.2) is 24.3 Å². The fourth-order valence-corrected chi connectivity index (χ4v) is 2.86. The molecule has 0 saturated carbocycles. The number of carbonyl (C=O) groups is 3. The van der Waals surface area contributed by atoms with Crippen LogP contribution in [0.5, 0.6) is 5.75 Å². The smallest absolute Gasteiger partial charge is 0.480 e. The normalized spacial score (nSPS) is 12.6. The van der Waals surface area contributed by atoms with Crippen LogP contribution in [0.3, 0.4) is 0 Å². The molecule has 0 aliphatic rings. The Bertz CT molecular complexity index is 705. The first-order valence-corrected chi connectivity index (χ1v) is 13.1. The SMILES string of the molecule is CC(C)(C)OC(=O)N[C@H](Cc1ccc(OC(=O)OCC[Si](C)(C)C)cc1)C(=O)O. The molecule has 0 aliphatic carbocycles. The first-order valence-electron chi connectivity index (χ1n) is 9.41. The molecule has 0 aromatic heterocycles. The van der Waals surface area contributed by atoms with Crippen LogP contribution in [0.1, 0.15) is 26.3 Å². The molecule has 0 bridgehead atoms. The lowest BCUT2D eigenvalue weighted by Crippen LogP contribution is -2.44. The zero-order valence-corrected chi connectivity index (χ0v) is 18.9. The van der Waals surface area contributed by atoms with Crippen LogP contribution in [0.4, 0.5) is 9.59 Å². The molecule has 1 aromatic carbocycles. The number of nitrogens with one attached hydrogen (secondary N) is 1. The van der Waals surface area contributed by atoms with E-state index in [9.17, 15) is 19.5 Å². The number of ether oxygens (including phenoxy) is 3. The van der Waals surface area contributed by atoms with Crippen molar-refractivity contribution in [2.45, 2.75) is 64.5 Å². The van der Waals surface area contributed by atoms with E-state index in [1.807, 2.05) is 0 Å². The number of rotatable bonds is 8. The van der Waals surface area contributed by atoms with E-state index in [1.165, 1.54) is 0 Å². The van der Waals surface area contributed by atoms with Crippen molar-refractivity contribution in [3.8, 4) is 5.75 Å². The van der Waals surface area contributed by atoms with Gasteiger partial charge in [-0.3, -0.25) is 0 Å². The van der Waals surface area contributed by atoms with Crippen LogP contribution in [-0.4, -0.2) is 49.6 Å². The molecule has 8 nitrogen and oxygen atoms in total. The van der Waals surface area contributed by atoms with Gasteiger partial charge in [-0.1, -0.05) is 31.8 Å². The van der Waals surface area contributed by atoms with Crippen LogP contribution in [-0.2, 0) is 20.7 Å². The predicted octanol–water partition coefficient (Wildman–Crippen LogP) is 4.06. The van der Waals surface area contributed by atoms with Crippen LogP contribution >= 0.6 is 0 Å². The Labute approximate surface area is 172 Å². The molecule has 29 heavy (non-hydrogen) atoms. The number of carbonyl (C=O) groups excluding carboxylic acids is 2. The van der Waals surface area contributed by atoms with Crippen molar-refractivity contribution < 1.29 is 33.7 Å². The third-order valence-corrected chi connectivity index (χ3v) is 5.33. The van der Waals surface area contributed by atoms with Gasteiger partial charge in [-0.25, -0.2) is 14.4 Å². The fraction of sp³-hybridized carbons (Fsp3) is 0.550. The van der Waals surface area contributed by atoms with Crippen molar-refractivity contribution in [1.29, 1.82) is 0 Å². The third kappa shape index (κ3) is 11.1. The van der Waals surface area contributed by atoms with Crippen molar-refractivity contribution in [2.75, 3.05) is 6.61 Å². The third-order valence-electron chi connectivity index (χ3n) is 3.63. The molecule has 2 N–H and O–H groups in total. The van der Waals surface area contributed by atoms with Crippen LogP contribution in [0.25, 0.3) is 0 Å². The summed E-state index contributed by atoms with van der Waals surface area (Å²) < 4.78 is 15.3. The minimum absolute atomic E-state index is 0.0511. The number of aliphatic carboxylic acids is 1. The number of carboxylic acid groups (broad SMARTS) is 1. The van der Waals surface area contributed by atoms with Gasteiger partial charge in [0.05, 0.1) is 6.61 Å². The molecule has 0 saturated heterocycles. The lowest BCUT2D eigenvalue weighted by atomic mass is 10.1. The zero-order valence-electron chi connectivity index (χ0n) is 17.9. The Morgan fingerprint density at radius 1 is 1.10 bits per heavy atom. The first-order chi connectivity index (χ1) is 13.2. The molecule has 1 aromatic rings. The molecule has 1 amide bonds. The van der Waals surface area contributed by atoms with E-state index in [-0.39, 0.29) is 6.42 Å². The molecule has 0 radical (unpaired) electrons. The van der Waals surface area contributed by atoms with Gasteiger partial charge in [-0.05, 0) is 44.5 Å². The van der Waals surface area contributed by atoms with Crippen molar-refractivity contribution >= 4 is 26.3 Å². The van der Waals surface area contributed by atoms with E-state index in [0.29, 0.717) is 17.9 Å². The second kappa shape index (κ2) is 10.3. The van der Waals surface area contributed by atoms with E-state index in [1.54, 1.807) is 45.0 Å². The molecule has 162 valence electrons. The van der Waals surface area contributed by atoms with Crippen molar-refractivity contribution in [2.24, 2.45) is 0 Å².